The van der Waals surface area contributed by atoms with Crippen molar-refractivity contribution in [1.82, 2.24) is 10.2 Å². The zero-order valence-corrected chi connectivity index (χ0v) is 15.6. The molecule has 0 aliphatic carbocycles. The lowest BCUT2D eigenvalue weighted by atomic mass is 10.1. The molecule has 9 heteroatoms. The van der Waals surface area contributed by atoms with Gasteiger partial charge in [0.25, 0.3) is 10.0 Å². The number of hydrogen-bond donors (Lipinski definition) is 2. The van der Waals surface area contributed by atoms with Crippen molar-refractivity contribution in [3.05, 3.63) is 29.8 Å². The molecule has 3 rings (SSSR count). The van der Waals surface area contributed by atoms with E-state index in [1.165, 1.54) is 0 Å². The SMILES string of the molecule is CC(CN)CNC(=O)C1CCCN1C1=NS(=O)(=O)c2ccccc21.Cl. The fraction of sp³-hybridized carbons (Fsp3) is 0.500. The van der Waals surface area contributed by atoms with E-state index in [-0.39, 0.29) is 29.1 Å². The van der Waals surface area contributed by atoms with Gasteiger partial charge in [-0.25, -0.2) is 0 Å². The summed E-state index contributed by atoms with van der Waals surface area (Å²) in [4.78, 5) is 14.5. The fourth-order valence-electron chi connectivity index (χ4n) is 3.06. The number of amidine groups is 1. The van der Waals surface area contributed by atoms with E-state index in [1.54, 1.807) is 24.3 Å². The minimum absolute atomic E-state index is 0. The van der Waals surface area contributed by atoms with Crippen LogP contribution in [0.25, 0.3) is 0 Å². The van der Waals surface area contributed by atoms with Crippen molar-refractivity contribution in [1.29, 1.82) is 0 Å². The maximum absolute atomic E-state index is 12.5. The highest BCUT2D eigenvalue weighted by Gasteiger charge is 2.39. The van der Waals surface area contributed by atoms with Gasteiger partial charge in [0.2, 0.25) is 5.91 Å². The standard InChI is InChI=1S/C16H22N4O3S.ClH/c1-11(9-17)10-18-16(21)13-6-4-8-20(13)15-12-5-2-3-7-14(12)24(22,23)19-15;/h2-3,5,7,11,13H,4,6,8-10,17H2,1H3,(H,18,21);1H. The van der Waals surface area contributed by atoms with Crippen molar-refractivity contribution in [3.63, 3.8) is 0 Å². The molecule has 1 saturated heterocycles. The highest BCUT2D eigenvalue weighted by atomic mass is 35.5. The van der Waals surface area contributed by atoms with E-state index >= 15 is 0 Å². The van der Waals surface area contributed by atoms with Crippen molar-refractivity contribution in [2.75, 3.05) is 19.6 Å². The first-order chi connectivity index (χ1) is 11.4. The molecule has 1 aromatic carbocycles. The maximum atomic E-state index is 12.5. The van der Waals surface area contributed by atoms with E-state index in [4.69, 9.17) is 5.73 Å². The number of likely N-dealkylation sites (tertiary alicyclic amines) is 1. The van der Waals surface area contributed by atoms with Crippen LogP contribution in [0.4, 0.5) is 0 Å². The highest BCUT2D eigenvalue weighted by Crippen LogP contribution is 2.31. The molecule has 25 heavy (non-hydrogen) atoms. The smallest absolute Gasteiger partial charge is 0.285 e. The lowest BCUT2D eigenvalue weighted by molar-refractivity contribution is -0.124. The lowest BCUT2D eigenvalue weighted by Crippen LogP contribution is -2.47. The van der Waals surface area contributed by atoms with Gasteiger partial charge in [-0.05, 0) is 37.4 Å². The summed E-state index contributed by atoms with van der Waals surface area (Å²) >= 11 is 0. The Labute approximate surface area is 154 Å². The minimum atomic E-state index is -3.67. The number of carbonyl (C=O) groups excluding carboxylic acids is 1. The molecule has 138 valence electrons. The van der Waals surface area contributed by atoms with E-state index in [1.807, 2.05) is 11.8 Å². The number of nitrogens with two attached hydrogens (primary N) is 1. The second-order valence-electron chi connectivity index (χ2n) is 6.32. The Bertz CT molecular complexity index is 781. The number of halogens is 1. The summed E-state index contributed by atoms with van der Waals surface area (Å²) in [5.41, 5.74) is 6.15. The predicted octanol–water partition coefficient (Wildman–Crippen LogP) is 0.733. The van der Waals surface area contributed by atoms with Gasteiger partial charge in [-0.2, -0.15) is 8.42 Å². The molecular weight excluding hydrogens is 364 g/mol. The van der Waals surface area contributed by atoms with Crippen molar-refractivity contribution in [2.24, 2.45) is 16.0 Å². The number of sulfonamides is 1. The predicted molar refractivity (Wildman–Crippen MR) is 98.4 cm³/mol. The van der Waals surface area contributed by atoms with Crippen LogP contribution in [0, 0.1) is 5.92 Å². The number of carbonyl (C=O) groups is 1. The van der Waals surface area contributed by atoms with Gasteiger partial charge in [0, 0.05) is 18.7 Å². The highest BCUT2D eigenvalue weighted by molar-refractivity contribution is 7.90. The number of nitrogens with one attached hydrogen (secondary N) is 1. The van der Waals surface area contributed by atoms with E-state index in [0.717, 1.165) is 6.42 Å². The summed E-state index contributed by atoms with van der Waals surface area (Å²) in [5, 5.41) is 2.91. The van der Waals surface area contributed by atoms with Crippen LogP contribution >= 0.6 is 12.4 Å². The quantitative estimate of drug-likeness (QED) is 0.793. The third-order valence-corrected chi connectivity index (χ3v) is 5.79. The lowest BCUT2D eigenvalue weighted by Gasteiger charge is -2.26. The van der Waals surface area contributed by atoms with Crippen molar-refractivity contribution >= 4 is 34.2 Å². The van der Waals surface area contributed by atoms with E-state index < -0.39 is 16.1 Å². The molecule has 2 atom stereocenters. The first-order valence-electron chi connectivity index (χ1n) is 8.13. The van der Waals surface area contributed by atoms with Gasteiger partial charge in [0.1, 0.15) is 10.9 Å². The van der Waals surface area contributed by atoms with Gasteiger partial charge in [0.05, 0.1) is 0 Å². The Morgan fingerprint density at radius 1 is 1.44 bits per heavy atom. The second-order valence-corrected chi connectivity index (χ2v) is 7.90. The largest absolute Gasteiger partial charge is 0.354 e. The first kappa shape index (κ1) is 19.7. The van der Waals surface area contributed by atoms with Crippen LogP contribution in [0.1, 0.15) is 25.3 Å². The zero-order chi connectivity index (χ0) is 17.3. The zero-order valence-electron chi connectivity index (χ0n) is 14.0. The number of hydrogen-bond acceptors (Lipinski definition) is 5. The first-order valence-corrected chi connectivity index (χ1v) is 9.57. The van der Waals surface area contributed by atoms with Gasteiger partial charge in [-0.3, -0.25) is 4.79 Å². The molecule has 0 aromatic heterocycles. The van der Waals surface area contributed by atoms with E-state index in [9.17, 15) is 13.2 Å². The summed E-state index contributed by atoms with van der Waals surface area (Å²) in [6, 6.07) is 6.35. The van der Waals surface area contributed by atoms with Gasteiger partial charge in [-0.15, -0.1) is 16.8 Å². The van der Waals surface area contributed by atoms with Crippen molar-refractivity contribution in [3.8, 4) is 0 Å². The van der Waals surface area contributed by atoms with E-state index in [2.05, 4.69) is 9.71 Å². The van der Waals surface area contributed by atoms with E-state index in [0.29, 0.717) is 37.5 Å². The second kappa shape index (κ2) is 7.72. The molecule has 7 nitrogen and oxygen atoms in total. The maximum Gasteiger partial charge on any atom is 0.285 e. The van der Waals surface area contributed by atoms with Gasteiger partial charge >= 0.3 is 0 Å². The number of amides is 1. The molecule has 1 fully saturated rings. The van der Waals surface area contributed by atoms with Crippen LogP contribution in [-0.4, -0.2) is 50.7 Å². The van der Waals surface area contributed by atoms with Gasteiger partial charge in [0.15, 0.2) is 5.84 Å². The summed E-state index contributed by atoms with van der Waals surface area (Å²) in [6.07, 6.45) is 1.51. The normalized spacial score (nSPS) is 21.9. The minimum Gasteiger partial charge on any atom is -0.354 e. The van der Waals surface area contributed by atoms with Gasteiger partial charge in [-0.1, -0.05) is 19.1 Å². The third-order valence-electron chi connectivity index (χ3n) is 4.47. The number of rotatable bonds is 4. The Balaban J connectivity index is 0.00000225. The average Bonchev–Trinajstić information content (AvgIpc) is 3.15. The Morgan fingerprint density at radius 2 is 2.16 bits per heavy atom. The monoisotopic (exact) mass is 386 g/mol. The molecule has 2 aliphatic rings. The molecule has 2 aliphatic heterocycles. The molecule has 2 unspecified atom stereocenters. The van der Waals surface area contributed by atoms with Crippen LogP contribution in [-0.2, 0) is 14.8 Å². The molecule has 0 saturated carbocycles. The van der Waals surface area contributed by atoms with Crippen LogP contribution in [0.5, 0.6) is 0 Å². The Hall–Kier alpha value is -1.64. The molecule has 0 spiro atoms. The summed E-state index contributed by atoms with van der Waals surface area (Å²) < 4.78 is 28.4. The molecular formula is C16H23ClN4O3S. The molecule has 3 N–H and O–H groups in total. The fourth-order valence-corrected chi connectivity index (χ4v) is 4.28. The summed E-state index contributed by atoms with van der Waals surface area (Å²) in [6.45, 7) is 3.61. The van der Waals surface area contributed by atoms with Crippen molar-refractivity contribution < 1.29 is 13.2 Å². The number of benzene rings is 1. The topological polar surface area (TPSA) is 105 Å². The van der Waals surface area contributed by atoms with Crippen LogP contribution in [0.2, 0.25) is 0 Å². The molecule has 2 heterocycles. The Morgan fingerprint density at radius 3 is 2.88 bits per heavy atom. The Kier molecular flexibility index (Phi) is 6.08. The molecule has 1 amide bonds. The molecule has 0 radical (unpaired) electrons. The summed E-state index contributed by atoms with van der Waals surface area (Å²) in [5.74, 6) is 0.487. The van der Waals surface area contributed by atoms with Crippen LogP contribution in [0.3, 0.4) is 0 Å². The van der Waals surface area contributed by atoms with Crippen molar-refractivity contribution in [2.45, 2.75) is 30.7 Å². The average molecular weight is 387 g/mol. The molecule has 1 aromatic rings. The summed E-state index contributed by atoms with van der Waals surface area (Å²) in [7, 11) is -3.67. The third kappa shape index (κ3) is 3.80. The van der Waals surface area contributed by atoms with Crippen LogP contribution in [0.15, 0.2) is 33.6 Å². The molecule has 0 bridgehead atoms. The number of nitrogens with zero attached hydrogens (tertiary/aromatic N) is 2. The van der Waals surface area contributed by atoms with Gasteiger partial charge < -0.3 is 16.0 Å². The van der Waals surface area contributed by atoms with Crippen LogP contribution < -0.4 is 11.1 Å². The number of fused-ring (bicyclic) bond motifs is 1.